The van der Waals surface area contributed by atoms with Crippen LogP contribution in [0, 0.1) is 6.92 Å². The Morgan fingerprint density at radius 3 is 2.52 bits per heavy atom. The van der Waals surface area contributed by atoms with Crippen LogP contribution in [0.15, 0.2) is 59.0 Å². The summed E-state index contributed by atoms with van der Waals surface area (Å²) in [7, 11) is 0. The van der Waals surface area contributed by atoms with Gasteiger partial charge in [-0.15, -0.1) is 0 Å². The highest BCUT2D eigenvalue weighted by atomic mass is 16.3. The third-order valence-corrected chi connectivity index (χ3v) is 4.59. The fourth-order valence-electron chi connectivity index (χ4n) is 3.25. The molecule has 1 nitrogen and oxygen atoms in total. The molecule has 3 aromatic rings. The number of allylic oxidation sites excluding steroid dienone is 1. The first-order valence-electron chi connectivity index (χ1n) is 8.23. The van der Waals surface area contributed by atoms with Crippen LogP contribution in [0.2, 0.25) is 0 Å². The summed E-state index contributed by atoms with van der Waals surface area (Å²) in [6, 6.07) is 19.5. The molecule has 0 saturated carbocycles. The van der Waals surface area contributed by atoms with Crippen LogP contribution in [0.1, 0.15) is 35.1 Å². The second-order valence-corrected chi connectivity index (χ2v) is 6.21. The zero-order valence-corrected chi connectivity index (χ0v) is 13.6. The average molecular weight is 300 g/mol. The molecular weight excluding hydrogens is 280 g/mol. The van der Waals surface area contributed by atoms with Crippen molar-refractivity contribution in [2.24, 2.45) is 0 Å². The number of benzene rings is 2. The molecule has 0 saturated heterocycles. The Labute approximate surface area is 137 Å². The van der Waals surface area contributed by atoms with Crippen LogP contribution < -0.4 is 0 Å². The van der Waals surface area contributed by atoms with Crippen LogP contribution >= 0.6 is 0 Å². The van der Waals surface area contributed by atoms with E-state index in [-0.39, 0.29) is 0 Å². The van der Waals surface area contributed by atoms with E-state index in [1.165, 1.54) is 33.4 Å². The van der Waals surface area contributed by atoms with Crippen molar-refractivity contribution >= 4 is 11.6 Å². The summed E-state index contributed by atoms with van der Waals surface area (Å²) in [5.74, 6) is 2.06. The standard InChI is InChI=1S/C22H20O/c1-3-19-11-12-22(23-19)18-13-17-5-4-6-20(21(17)14-18)16-9-7-15(2)8-10-16/h4-12,14H,3,13H2,1-2H3. The molecule has 0 atom stereocenters. The minimum Gasteiger partial charge on any atom is -0.461 e. The van der Waals surface area contributed by atoms with Gasteiger partial charge in [0.05, 0.1) is 0 Å². The molecule has 1 heterocycles. The fraction of sp³-hybridized carbons (Fsp3) is 0.182. The van der Waals surface area contributed by atoms with Crippen LogP contribution in [-0.2, 0) is 12.8 Å². The van der Waals surface area contributed by atoms with Crippen molar-refractivity contribution in [3.05, 3.63) is 82.8 Å². The van der Waals surface area contributed by atoms with Gasteiger partial charge in [-0.1, -0.05) is 55.0 Å². The molecule has 1 aliphatic rings. The molecule has 23 heavy (non-hydrogen) atoms. The molecule has 0 N–H and O–H groups in total. The van der Waals surface area contributed by atoms with E-state index in [4.69, 9.17) is 4.42 Å². The van der Waals surface area contributed by atoms with Crippen molar-refractivity contribution < 1.29 is 4.42 Å². The summed E-state index contributed by atoms with van der Waals surface area (Å²) < 4.78 is 5.94. The Morgan fingerprint density at radius 2 is 1.78 bits per heavy atom. The molecular formula is C22H20O. The van der Waals surface area contributed by atoms with Crippen LogP contribution in [-0.4, -0.2) is 0 Å². The van der Waals surface area contributed by atoms with Gasteiger partial charge in [-0.3, -0.25) is 0 Å². The predicted octanol–water partition coefficient (Wildman–Crippen LogP) is 5.91. The van der Waals surface area contributed by atoms with Gasteiger partial charge in [-0.05, 0) is 53.0 Å². The molecule has 4 rings (SSSR count). The molecule has 114 valence electrons. The van der Waals surface area contributed by atoms with Gasteiger partial charge in [0.25, 0.3) is 0 Å². The number of fused-ring (bicyclic) bond motifs is 1. The van der Waals surface area contributed by atoms with Gasteiger partial charge in [0.15, 0.2) is 0 Å². The van der Waals surface area contributed by atoms with Gasteiger partial charge in [0.1, 0.15) is 11.5 Å². The van der Waals surface area contributed by atoms with Crippen LogP contribution in [0.5, 0.6) is 0 Å². The molecule has 0 bridgehead atoms. The molecule has 2 aromatic carbocycles. The number of hydrogen-bond donors (Lipinski definition) is 0. The summed E-state index contributed by atoms with van der Waals surface area (Å²) in [4.78, 5) is 0. The lowest BCUT2D eigenvalue weighted by atomic mass is 9.96. The van der Waals surface area contributed by atoms with Crippen molar-refractivity contribution in [1.82, 2.24) is 0 Å². The van der Waals surface area contributed by atoms with Gasteiger partial charge in [-0.2, -0.15) is 0 Å². The molecule has 0 fully saturated rings. The summed E-state index contributed by atoms with van der Waals surface area (Å²) >= 11 is 0. The molecule has 0 aliphatic heterocycles. The van der Waals surface area contributed by atoms with Crippen molar-refractivity contribution in [1.29, 1.82) is 0 Å². The van der Waals surface area contributed by atoms with Crippen LogP contribution in [0.25, 0.3) is 22.8 Å². The van der Waals surface area contributed by atoms with Crippen LogP contribution in [0.3, 0.4) is 0 Å². The maximum atomic E-state index is 5.94. The molecule has 1 aromatic heterocycles. The third-order valence-electron chi connectivity index (χ3n) is 4.59. The van der Waals surface area contributed by atoms with Crippen molar-refractivity contribution in [2.75, 3.05) is 0 Å². The first-order valence-corrected chi connectivity index (χ1v) is 8.23. The highest BCUT2D eigenvalue weighted by Crippen LogP contribution is 2.38. The molecule has 0 unspecified atom stereocenters. The number of hydrogen-bond acceptors (Lipinski definition) is 1. The summed E-state index contributed by atoms with van der Waals surface area (Å²) in [5, 5.41) is 0. The lowest BCUT2D eigenvalue weighted by Crippen LogP contribution is -1.87. The zero-order chi connectivity index (χ0) is 15.8. The van der Waals surface area contributed by atoms with E-state index in [1.807, 2.05) is 0 Å². The monoisotopic (exact) mass is 300 g/mol. The van der Waals surface area contributed by atoms with Crippen molar-refractivity contribution in [2.45, 2.75) is 26.7 Å². The lowest BCUT2D eigenvalue weighted by molar-refractivity contribution is 0.503. The topological polar surface area (TPSA) is 13.1 Å². The predicted molar refractivity (Wildman–Crippen MR) is 96.3 cm³/mol. The Morgan fingerprint density at radius 1 is 0.957 bits per heavy atom. The first kappa shape index (κ1) is 14.1. The van der Waals surface area contributed by atoms with E-state index in [1.54, 1.807) is 0 Å². The van der Waals surface area contributed by atoms with Crippen molar-refractivity contribution in [3.8, 4) is 11.1 Å². The Kier molecular flexibility index (Phi) is 3.42. The van der Waals surface area contributed by atoms with Gasteiger partial charge in [0.2, 0.25) is 0 Å². The van der Waals surface area contributed by atoms with Gasteiger partial charge in [0, 0.05) is 12.8 Å². The Hall–Kier alpha value is -2.54. The largest absolute Gasteiger partial charge is 0.461 e. The zero-order valence-electron chi connectivity index (χ0n) is 13.6. The van der Waals surface area contributed by atoms with Gasteiger partial charge in [-0.25, -0.2) is 0 Å². The molecule has 1 heteroatoms. The lowest BCUT2D eigenvalue weighted by Gasteiger charge is -2.08. The first-order chi connectivity index (χ1) is 11.2. The van der Waals surface area contributed by atoms with Gasteiger partial charge < -0.3 is 4.42 Å². The molecule has 0 spiro atoms. The van der Waals surface area contributed by atoms with E-state index >= 15 is 0 Å². The van der Waals surface area contributed by atoms with E-state index in [0.29, 0.717) is 0 Å². The minimum absolute atomic E-state index is 0.939. The quantitative estimate of drug-likeness (QED) is 0.585. The number of furan rings is 1. The highest BCUT2D eigenvalue weighted by Gasteiger charge is 2.19. The normalized spacial score (nSPS) is 13.0. The summed E-state index contributed by atoms with van der Waals surface area (Å²) in [5.41, 5.74) is 7.87. The van der Waals surface area contributed by atoms with E-state index in [2.05, 4.69) is 74.5 Å². The maximum Gasteiger partial charge on any atom is 0.130 e. The smallest absolute Gasteiger partial charge is 0.130 e. The van der Waals surface area contributed by atoms with E-state index < -0.39 is 0 Å². The Bertz CT molecular complexity index is 879. The molecule has 0 radical (unpaired) electrons. The average Bonchev–Trinajstić information content (AvgIpc) is 3.21. The second-order valence-electron chi connectivity index (χ2n) is 6.21. The molecule has 0 amide bonds. The van der Waals surface area contributed by atoms with E-state index in [0.717, 1.165) is 24.4 Å². The van der Waals surface area contributed by atoms with Gasteiger partial charge >= 0.3 is 0 Å². The maximum absolute atomic E-state index is 5.94. The SMILES string of the molecule is CCc1ccc(C2=Cc3c(cccc3-c3ccc(C)cc3)C2)o1. The number of aryl methyl sites for hydroxylation is 2. The summed E-state index contributed by atoms with van der Waals surface area (Å²) in [6.07, 6.45) is 4.18. The van der Waals surface area contributed by atoms with E-state index in [9.17, 15) is 0 Å². The third kappa shape index (κ3) is 2.53. The second kappa shape index (κ2) is 5.58. The van der Waals surface area contributed by atoms with Crippen LogP contribution in [0.4, 0.5) is 0 Å². The highest BCUT2D eigenvalue weighted by molar-refractivity contribution is 5.92. The fourth-order valence-corrected chi connectivity index (χ4v) is 3.25. The molecule has 1 aliphatic carbocycles. The van der Waals surface area contributed by atoms with Crippen molar-refractivity contribution in [3.63, 3.8) is 0 Å². The number of rotatable bonds is 3. The minimum atomic E-state index is 0.939. The Balaban J connectivity index is 1.77. The summed E-state index contributed by atoms with van der Waals surface area (Å²) in [6.45, 7) is 4.25.